The molecule has 0 saturated carbocycles. The van der Waals surface area contributed by atoms with E-state index in [9.17, 15) is 0 Å². The highest BCUT2D eigenvalue weighted by Gasteiger charge is 2.19. The summed E-state index contributed by atoms with van der Waals surface area (Å²) in [6, 6.07) is 17.5. The van der Waals surface area contributed by atoms with Gasteiger partial charge in [0.25, 0.3) is 0 Å². The molecule has 8 nitrogen and oxygen atoms in total. The lowest BCUT2D eigenvalue weighted by Crippen LogP contribution is -2.36. The van der Waals surface area contributed by atoms with Crippen molar-refractivity contribution in [1.82, 2.24) is 10.1 Å². The number of nitrogens with zero attached hydrogens (tertiary/aromatic N) is 4. The number of nitrogens with two attached hydrogens (primary N) is 1. The molecule has 8 heteroatoms. The van der Waals surface area contributed by atoms with Crippen molar-refractivity contribution in [2.75, 3.05) is 42.3 Å². The molecule has 3 aromatic rings. The van der Waals surface area contributed by atoms with Crippen molar-refractivity contribution in [2.45, 2.75) is 0 Å². The molecule has 0 atom stereocenters. The number of morpholine rings is 1. The van der Waals surface area contributed by atoms with Crippen LogP contribution in [0.3, 0.4) is 0 Å². The summed E-state index contributed by atoms with van der Waals surface area (Å²) in [5, 5.41) is 15.2. The third-order valence-corrected chi connectivity index (χ3v) is 4.42. The van der Waals surface area contributed by atoms with E-state index in [1.807, 2.05) is 24.3 Å². The van der Waals surface area contributed by atoms with Gasteiger partial charge in [0, 0.05) is 18.8 Å². The van der Waals surface area contributed by atoms with Crippen LogP contribution in [-0.4, -0.2) is 36.4 Å². The third-order valence-electron chi connectivity index (χ3n) is 4.42. The summed E-state index contributed by atoms with van der Waals surface area (Å²) in [5.41, 5.74) is 9.35. The molecule has 0 amide bonds. The second-order valence-corrected chi connectivity index (χ2v) is 6.20. The highest BCUT2D eigenvalue weighted by molar-refractivity contribution is 5.59. The molecular formula is C19H20N7O+. The molecule has 27 heavy (non-hydrogen) atoms. The third kappa shape index (κ3) is 3.68. The molecular weight excluding hydrogens is 342 g/mol. The maximum absolute atomic E-state index is 8.95. The largest absolute Gasteiger partial charge is 0.423 e. The minimum absolute atomic E-state index is 0.298. The second-order valence-electron chi connectivity index (χ2n) is 6.20. The summed E-state index contributed by atoms with van der Waals surface area (Å²) in [7, 11) is 0. The number of rotatable bonds is 4. The number of H-pyrrole nitrogens is 1. The molecule has 4 rings (SSSR count). The number of nitrogens with one attached hydrogen (secondary N) is 2. The first-order valence-corrected chi connectivity index (χ1v) is 8.71. The number of benzene rings is 2. The molecule has 0 spiro atoms. The van der Waals surface area contributed by atoms with Crippen molar-refractivity contribution >= 4 is 23.3 Å². The first-order chi connectivity index (χ1) is 13.2. The second kappa shape index (κ2) is 7.35. The van der Waals surface area contributed by atoms with Gasteiger partial charge in [-0.2, -0.15) is 10.4 Å². The fourth-order valence-corrected chi connectivity index (χ4v) is 3.02. The van der Waals surface area contributed by atoms with Gasteiger partial charge in [0.2, 0.25) is 0 Å². The summed E-state index contributed by atoms with van der Waals surface area (Å²) in [6.07, 6.45) is 0. The molecule has 1 aliphatic heterocycles. The summed E-state index contributed by atoms with van der Waals surface area (Å²) in [5.74, 6) is 0.864. The summed E-state index contributed by atoms with van der Waals surface area (Å²) in [6.45, 7) is 3.33. The Labute approximate surface area is 156 Å². The number of ether oxygens (including phenoxy) is 1. The van der Waals surface area contributed by atoms with Crippen molar-refractivity contribution in [2.24, 2.45) is 0 Å². The molecule has 2 aromatic carbocycles. The van der Waals surface area contributed by atoms with Gasteiger partial charge in [-0.05, 0) is 53.5 Å². The predicted molar refractivity (Wildman–Crippen MR) is 102 cm³/mol. The van der Waals surface area contributed by atoms with E-state index in [0.29, 0.717) is 17.5 Å². The molecule has 0 aliphatic carbocycles. The standard InChI is InChI=1S/C19H19N7O/c20-13-14-1-5-17(6-2-14)26-19(23-18(21)24-26)22-15-3-7-16(8-4-15)25-9-11-27-12-10-25/h1-8H,9-12H2,(H3,21,22,23,24)/p+1. The molecule has 0 bridgehead atoms. The number of hydrogen-bond donors (Lipinski definition) is 3. The molecule has 1 fully saturated rings. The minimum atomic E-state index is 0.298. The van der Waals surface area contributed by atoms with E-state index in [2.05, 4.69) is 38.5 Å². The van der Waals surface area contributed by atoms with E-state index < -0.39 is 0 Å². The Balaban J connectivity index is 1.55. The number of nitriles is 1. The average Bonchev–Trinajstić information content (AvgIpc) is 3.09. The zero-order chi connectivity index (χ0) is 18.6. The lowest BCUT2D eigenvalue weighted by Gasteiger charge is -2.28. The Kier molecular flexibility index (Phi) is 4.60. The molecule has 136 valence electrons. The average molecular weight is 362 g/mol. The fraction of sp³-hybridized carbons (Fsp3) is 0.211. The van der Waals surface area contributed by atoms with Crippen LogP contribution < -0.4 is 20.6 Å². The van der Waals surface area contributed by atoms with Gasteiger partial charge in [-0.3, -0.25) is 0 Å². The molecule has 0 unspecified atom stereocenters. The van der Waals surface area contributed by atoms with E-state index in [0.717, 1.165) is 37.7 Å². The van der Waals surface area contributed by atoms with Crippen molar-refractivity contribution in [3.05, 3.63) is 54.1 Å². The summed E-state index contributed by atoms with van der Waals surface area (Å²) < 4.78 is 7.14. The van der Waals surface area contributed by atoms with Crippen LogP contribution in [0, 0.1) is 11.3 Å². The van der Waals surface area contributed by atoms with Gasteiger partial charge in [-0.15, -0.1) is 4.68 Å². The van der Waals surface area contributed by atoms with E-state index in [1.54, 1.807) is 16.8 Å². The maximum Gasteiger partial charge on any atom is 0.423 e. The van der Waals surface area contributed by atoms with E-state index in [4.69, 9.17) is 15.7 Å². The molecule has 4 N–H and O–H groups in total. The van der Waals surface area contributed by atoms with Gasteiger partial charge >= 0.3 is 11.9 Å². The van der Waals surface area contributed by atoms with Crippen LogP contribution >= 0.6 is 0 Å². The zero-order valence-corrected chi connectivity index (χ0v) is 14.7. The molecule has 2 heterocycles. The number of nitrogen functional groups attached to an aromatic ring is 1. The van der Waals surface area contributed by atoms with Crippen LogP contribution in [0.5, 0.6) is 0 Å². The van der Waals surface area contributed by atoms with E-state index in [1.165, 1.54) is 5.69 Å². The van der Waals surface area contributed by atoms with Crippen LogP contribution in [0.25, 0.3) is 5.69 Å². The van der Waals surface area contributed by atoms with Crippen LogP contribution in [-0.2, 0) is 4.74 Å². The SMILES string of the molecule is N#Cc1ccc(-[n+]2[nH]c(N)nc2Nc2ccc(N3CCOCC3)cc2)cc1. The van der Waals surface area contributed by atoms with Crippen molar-refractivity contribution in [3.8, 4) is 11.8 Å². The van der Waals surface area contributed by atoms with Gasteiger partial charge in [-0.1, -0.05) is 0 Å². The Morgan fingerprint density at radius 2 is 1.81 bits per heavy atom. The normalized spacial score (nSPS) is 14.0. The number of aromatic amines is 1. The fourth-order valence-electron chi connectivity index (χ4n) is 3.02. The predicted octanol–water partition coefficient (Wildman–Crippen LogP) is 1.72. The lowest BCUT2D eigenvalue weighted by molar-refractivity contribution is -0.641. The highest BCUT2D eigenvalue weighted by atomic mass is 16.5. The van der Waals surface area contributed by atoms with Gasteiger partial charge in [0.15, 0.2) is 0 Å². The molecule has 0 radical (unpaired) electrons. The number of hydrogen-bond acceptors (Lipinski definition) is 6. The Morgan fingerprint density at radius 1 is 1.11 bits per heavy atom. The smallest absolute Gasteiger partial charge is 0.378 e. The number of anilines is 4. The van der Waals surface area contributed by atoms with E-state index >= 15 is 0 Å². The van der Waals surface area contributed by atoms with Gasteiger partial charge in [0.05, 0.1) is 30.5 Å². The minimum Gasteiger partial charge on any atom is -0.378 e. The first kappa shape index (κ1) is 16.9. The van der Waals surface area contributed by atoms with Crippen molar-refractivity contribution in [1.29, 1.82) is 5.26 Å². The lowest BCUT2D eigenvalue weighted by atomic mass is 10.2. The van der Waals surface area contributed by atoms with Crippen LogP contribution in [0.2, 0.25) is 0 Å². The van der Waals surface area contributed by atoms with Crippen molar-refractivity contribution < 1.29 is 9.42 Å². The number of aromatic nitrogens is 3. The van der Waals surface area contributed by atoms with E-state index in [-0.39, 0.29) is 0 Å². The molecule has 1 aromatic heterocycles. The van der Waals surface area contributed by atoms with Crippen LogP contribution in [0.15, 0.2) is 48.5 Å². The Morgan fingerprint density at radius 3 is 2.48 bits per heavy atom. The van der Waals surface area contributed by atoms with Gasteiger partial charge < -0.3 is 15.4 Å². The van der Waals surface area contributed by atoms with Gasteiger partial charge in [0.1, 0.15) is 5.69 Å². The summed E-state index contributed by atoms with van der Waals surface area (Å²) in [4.78, 5) is 6.62. The quantitative estimate of drug-likeness (QED) is 0.610. The zero-order valence-electron chi connectivity index (χ0n) is 14.7. The molecule has 1 aliphatic rings. The van der Waals surface area contributed by atoms with Crippen LogP contribution in [0.4, 0.5) is 23.3 Å². The Bertz CT molecular complexity index is 951. The summed E-state index contributed by atoms with van der Waals surface area (Å²) >= 11 is 0. The van der Waals surface area contributed by atoms with Crippen molar-refractivity contribution in [3.63, 3.8) is 0 Å². The van der Waals surface area contributed by atoms with Gasteiger partial charge in [-0.25, -0.2) is 5.32 Å². The monoisotopic (exact) mass is 362 g/mol. The Hall–Kier alpha value is -3.57. The maximum atomic E-state index is 8.95. The first-order valence-electron chi connectivity index (χ1n) is 8.71. The topological polar surface area (TPSA) is 107 Å². The highest BCUT2D eigenvalue weighted by Crippen LogP contribution is 2.21. The van der Waals surface area contributed by atoms with Crippen LogP contribution in [0.1, 0.15) is 5.56 Å². The molecule has 1 saturated heterocycles.